The first-order chi connectivity index (χ1) is 14.1. The number of nitrogens with one attached hydrogen (secondary N) is 1. The average Bonchev–Trinajstić information content (AvgIpc) is 3.46. The lowest BCUT2D eigenvalue weighted by atomic mass is 9.94. The van der Waals surface area contributed by atoms with E-state index in [-0.39, 0.29) is 29.6 Å². The molecule has 1 unspecified atom stereocenters. The van der Waals surface area contributed by atoms with Gasteiger partial charge in [-0.15, -0.1) is 22.7 Å². The third-order valence-electron chi connectivity index (χ3n) is 5.20. The van der Waals surface area contributed by atoms with Crippen LogP contribution in [0, 0.1) is 11.7 Å². The maximum Gasteiger partial charge on any atom is 0.263 e. The minimum absolute atomic E-state index is 0.0176. The molecule has 1 aromatic carbocycles. The van der Waals surface area contributed by atoms with Crippen molar-refractivity contribution in [2.24, 2.45) is 5.92 Å². The number of nitrogens with zero attached hydrogens (tertiary/aromatic N) is 1. The summed E-state index contributed by atoms with van der Waals surface area (Å²) in [7, 11) is 0. The zero-order valence-corrected chi connectivity index (χ0v) is 17.3. The number of hydrogen-bond donors (Lipinski definition) is 1. The van der Waals surface area contributed by atoms with Crippen molar-refractivity contribution in [3.05, 3.63) is 80.4 Å². The van der Waals surface area contributed by atoms with Crippen molar-refractivity contribution in [1.82, 2.24) is 10.2 Å². The third-order valence-corrected chi connectivity index (χ3v) is 7.00. The molecule has 2 amide bonds. The number of thiophene rings is 2. The molecule has 0 bridgehead atoms. The second-order valence-corrected chi connectivity index (χ2v) is 8.98. The molecule has 3 heterocycles. The van der Waals surface area contributed by atoms with Crippen LogP contribution in [-0.2, 0) is 4.79 Å². The standard InChI is InChI=1S/C22H21FN2O2S2/c23-17-7-5-15(6-8-17)20(18-3-1-13-28-18)24-21(26)16-9-11-25(12-10-16)22(27)19-4-2-14-29-19/h1-8,13-14,16,20H,9-12H2,(H,24,26). The molecule has 1 fully saturated rings. The Morgan fingerprint density at radius 3 is 2.31 bits per heavy atom. The highest BCUT2D eigenvalue weighted by Gasteiger charge is 2.30. The first kappa shape index (κ1) is 19.8. The Kier molecular flexibility index (Phi) is 6.06. The van der Waals surface area contributed by atoms with Gasteiger partial charge in [0.1, 0.15) is 5.82 Å². The molecule has 1 atom stereocenters. The quantitative estimate of drug-likeness (QED) is 0.640. The van der Waals surface area contributed by atoms with E-state index in [1.807, 2.05) is 39.9 Å². The van der Waals surface area contributed by atoms with Crippen LogP contribution in [0.1, 0.15) is 39.0 Å². The highest BCUT2D eigenvalue weighted by atomic mass is 32.1. The van der Waals surface area contributed by atoms with Gasteiger partial charge in [-0.1, -0.05) is 24.3 Å². The van der Waals surface area contributed by atoms with Crippen LogP contribution in [0.5, 0.6) is 0 Å². The molecule has 1 aliphatic rings. The zero-order chi connectivity index (χ0) is 20.2. The summed E-state index contributed by atoms with van der Waals surface area (Å²) < 4.78 is 13.3. The number of carbonyl (C=O) groups excluding carboxylic acids is 2. The summed E-state index contributed by atoms with van der Waals surface area (Å²) in [5.74, 6) is -0.407. The molecule has 150 valence electrons. The predicted octanol–water partition coefficient (Wildman–Crippen LogP) is 4.71. The number of carbonyl (C=O) groups is 2. The van der Waals surface area contributed by atoms with E-state index in [9.17, 15) is 14.0 Å². The van der Waals surface area contributed by atoms with Gasteiger partial charge in [0.15, 0.2) is 0 Å². The van der Waals surface area contributed by atoms with Crippen molar-refractivity contribution in [1.29, 1.82) is 0 Å². The molecule has 1 saturated heterocycles. The number of rotatable bonds is 5. The Labute approximate surface area is 177 Å². The molecule has 0 radical (unpaired) electrons. The Morgan fingerprint density at radius 2 is 1.69 bits per heavy atom. The average molecular weight is 429 g/mol. The van der Waals surface area contributed by atoms with Gasteiger partial charge >= 0.3 is 0 Å². The van der Waals surface area contributed by atoms with Crippen LogP contribution in [0.2, 0.25) is 0 Å². The van der Waals surface area contributed by atoms with Crippen molar-refractivity contribution in [2.45, 2.75) is 18.9 Å². The van der Waals surface area contributed by atoms with Gasteiger partial charge in [-0.05, 0) is 53.4 Å². The fourth-order valence-electron chi connectivity index (χ4n) is 3.59. The first-order valence-corrected chi connectivity index (χ1v) is 11.3. The largest absolute Gasteiger partial charge is 0.344 e. The van der Waals surface area contributed by atoms with E-state index in [0.29, 0.717) is 25.9 Å². The lowest BCUT2D eigenvalue weighted by Gasteiger charge is -2.32. The summed E-state index contributed by atoms with van der Waals surface area (Å²) in [6.07, 6.45) is 1.28. The number of halogens is 1. The zero-order valence-electron chi connectivity index (χ0n) is 15.7. The SMILES string of the molecule is O=C(NC(c1ccc(F)cc1)c1cccs1)C1CCN(C(=O)c2cccs2)CC1. The van der Waals surface area contributed by atoms with Crippen LogP contribution in [0.4, 0.5) is 4.39 Å². The summed E-state index contributed by atoms with van der Waals surface area (Å²) in [5, 5.41) is 7.01. The molecule has 7 heteroatoms. The van der Waals surface area contributed by atoms with E-state index >= 15 is 0 Å². The Morgan fingerprint density at radius 1 is 1.00 bits per heavy atom. The van der Waals surface area contributed by atoms with Crippen LogP contribution < -0.4 is 5.32 Å². The van der Waals surface area contributed by atoms with Gasteiger partial charge < -0.3 is 10.2 Å². The Hall–Kier alpha value is -2.51. The molecule has 3 aromatic rings. The highest BCUT2D eigenvalue weighted by molar-refractivity contribution is 7.12. The second-order valence-electron chi connectivity index (χ2n) is 7.05. The third kappa shape index (κ3) is 4.57. The number of benzene rings is 1. The normalized spacial score (nSPS) is 15.8. The second kappa shape index (κ2) is 8.88. The molecule has 4 rings (SSSR count). The van der Waals surface area contributed by atoms with Gasteiger partial charge in [-0.25, -0.2) is 4.39 Å². The van der Waals surface area contributed by atoms with Crippen LogP contribution in [0.15, 0.2) is 59.3 Å². The lowest BCUT2D eigenvalue weighted by Crippen LogP contribution is -2.43. The summed E-state index contributed by atoms with van der Waals surface area (Å²) in [6.45, 7) is 1.16. The molecule has 1 N–H and O–H groups in total. The van der Waals surface area contributed by atoms with Gasteiger partial charge in [-0.2, -0.15) is 0 Å². The van der Waals surface area contributed by atoms with Gasteiger partial charge in [0, 0.05) is 23.9 Å². The van der Waals surface area contributed by atoms with E-state index in [4.69, 9.17) is 0 Å². The van der Waals surface area contributed by atoms with Crippen molar-refractivity contribution in [3.63, 3.8) is 0 Å². The molecule has 4 nitrogen and oxygen atoms in total. The van der Waals surface area contributed by atoms with E-state index in [0.717, 1.165) is 15.3 Å². The minimum atomic E-state index is -0.298. The van der Waals surface area contributed by atoms with Crippen LogP contribution in [-0.4, -0.2) is 29.8 Å². The van der Waals surface area contributed by atoms with E-state index < -0.39 is 0 Å². The summed E-state index contributed by atoms with van der Waals surface area (Å²) in [5.41, 5.74) is 0.854. The minimum Gasteiger partial charge on any atom is -0.344 e. The lowest BCUT2D eigenvalue weighted by molar-refractivity contribution is -0.126. The van der Waals surface area contributed by atoms with Crippen molar-refractivity contribution < 1.29 is 14.0 Å². The molecular formula is C22H21FN2O2S2. The molecular weight excluding hydrogens is 407 g/mol. The smallest absolute Gasteiger partial charge is 0.263 e. The topological polar surface area (TPSA) is 49.4 Å². The molecule has 0 spiro atoms. The van der Waals surface area contributed by atoms with E-state index in [1.165, 1.54) is 23.5 Å². The maximum absolute atomic E-state index is 13.3. The number of amides is 2. The van der Waals surface area contributed by atoms with Crippen LogP contribution in [0.25, 0.3) is 0 Å². The Balaban J connectivity index is 1.41. The van der Waals surface area contributed by atoms with Crippen molar-refractivity contribution in [2.75, 3.05) is 13.1 Å². The monoisotopic (exact) mass is 428 g/mol. The summed E-state index contributed by atoms with van der Waals surface area (Å²) >= 11 is 3.00. The summed E-state index contributed by atoms with van der Waals surface area (Å²) in [4.78, 5) is 29.0. The maximum atomic E-state index is 13.3. The Bertz CT molecular complexity index is 947. The first-order valence-electron chi connectivity index (χ1n) is 9.54. The van der Waals surface area contributed by atoms with Gasteiger partial charge in [-0.3, -0.25) is 9.59 Å². The van der Waals surface area contributed by atoms with E-state index in [2.05, 4.69) is 5.32 Å². The highest BCUT2D eigenvalue weighted by Crippen LogP contribution is 2.28. The fourth-order valence-corrected chi connectivity index (χ4v) is 5.08. The number of likely N-dealkylation sites (tertiary alicyclic amines) is 1. The van der Waals surface area contributed by atoms with Gasteiger partial charge in [0.2, 0.25) is 5.91 Å². The van der Waals surface area contributed by atoms with E-state index in [1.54, 1.807) is 23.5 Å². The molecule has 29 heavy (non-hydrogen) atoms. The number of hydrogen-bond acceptors (Lipinski definition) is 4. The molecule has 0 aliphatic carbocycles. The van der Waals surface area contributed by atoms with Gasteiger partial charge in [0.25, 0.3) is 5.91 Å². The number of piperidine rings is 1. The van der Waals surface area contributed by atoms with Gasteiger partial charge in [0.05, 0.1) is 10.9 Å². The molecule has 1 aliphatic heterocycles. The summed E-state index contributed by atoms with van der Waals surface area (Å²) in [6, 6.07) is 13.6. The molecule has 2 aromatic heterocycles. The van der Waals surface area contributed by atoms with Crippen molar-refractivity contribution >= 4 is 34.5 Å². The molecule has 0 saturated carbocycles. The fraction of sp³-hybridized carbons (Fsp3) is 0.273. The predicted molar refractivity (Wildman–Crippen MR) is 114 cm³/mol. The van der Waals surface area contributed by atoms with Crippen molar-refractivity contribution in [3.8, 4) is 0 Å². The van der Waals surface area contributed by atoms with Crippen LogP contribution in [0.3, 0.4) is 0 Å². The van der Waals surface area contributed by atoms with Crippen LogP contribution >= 0.6 is 22.7 Å².